The van der Waals surface area contributed by atoms with Crippen LogP contribution >= 0.6 is 23.4 Å². The Kier molecular flexibility index (Phi) is 3.74. The SMILES string of the molecule is Clc1ccc(SC2CC[N]CC2)cc1. The molecule has 0 amide bonds. The smallest absolute Gasteiger partial charge is 0.0406 e. The summed E-state index contributed by atoms with van der Waals surface area (Å²) in [5.41, 5.74) is 0. The van der Waals surface area contributed by atoms with E-state index in [1.165, 1.54) is 17.7 Å². The van der Waals surface area contributed by atoms with Gasteiger partial charge in [-0.2, -0.15) is 0 Å². The van der Waals surface area contributed by atoms with Gasteiger partial charge in [-0.15, -0.1) is 11.8 Å². The Morgan fingerprint density at radius 2 is 1.79 bits per heavy atom. The zero-order valence-electron chi connectivity index (χ0n) is 7.95. The Hall–Kier alpha value is -0.180. The van der Waals surface area contributed by atoms with E-state index >= 15 is 0 Å². The highest BCUT2D eigenvalue weighted by Crippen LogP contribution is 2.29. The molecule has 0 spiro atoms. The molecule has 1 aromatic rings. The van der Waals surface area contributed by atoms with Crippen LogP contribution in [0.25, 0.3) is 0 Å². The normalized spacial score (nSPS) is 18.4. The maximum atomic E-state index is 5.83. The molecule has 1 aliphatic heterocycles. The van der Waals surface area contributed by atoms with Crippen LogP contribution in [0, 0.1) is 0 Å². The Balaban J connectivity index is 1.92. The molecule has 0 bridgehead atoms. The highest BCUT2D eigenvalue weighted by atomic mass is 35.5. The lowest BCUT2D eigenvalue weighted by Gasteiger charge is -2.20. The predicted octanol–water partition coefficient (Wildman–Crippen LogP) is 3.20. The molecule has 1 radical (unpaired) electrons. The van der Waals surface area contributed by atoms with Crippen LogP contribution in [0.3, 0.4) is 0 Å². The van der Waals surface area contributed by atoms with Crippen molar-refractivity contribution >= 4 is 23.4 Å². The van der Waals surface area contributed by atoms with Crippen LogP contribution in [0.4, 0.5) is 0 Å². The average Bonchev–Trinajstić information content (AvgIpc) is 2.23. The van der Waals surface area contributed by atoms with Gasteiger partial charge in [-0.1, -0.05) is 11.6 Å². The van der Waals surface area contributed by atoms with Gasteiger partial charge < -0.3 is 0 Å². The zero-order valence-corrected chi connectivity index (χ0v) is 9.52. The Morgan fingerprint density at radius 3 is 2.43 bits per heavy atom. The summed E-state index contributed by atoms with van der Waals surface area (Å²) in [6, 6.07) is 8.10. The first-order valence-corrected chi connectivity index (χ1v) is 6.16. The lowest BCUT2D eigenvalue weighted by atomic mass is 10.2. The summed E-state index contributed by atoms with van der Waals surface area (Å²) >= 11 is 7.78. The molecule has 2 rings (SSSR count). The summed E-state index contributed by atoms with van der Waals surface area (Å²) in [7, 11) is 0. The van der Waals surface area contributed by atoms with Crippen LogP contribution in [0.15, 0.2) is 29.2 Å². The number of piperidine rings is 1. The van der Waals surface area contributed by atoms with Gasteiger partial charge in [0.1, 0.15) is 0 Å². The van der Waals surface area contributed by atoms with Crippen LogP contribution in [0.1, 0.15) is 12.8 Å². The molecule has 0 aliphatic carbocycles. The molecule has 14 heavy (non-hydrogen) atoms. The van der Waals surface area contributed by atoms with Gasteiger partial charge in [0, 0.05) is 28.3 Å². The summed E-state index contributed by atoms with van der Waals surface area (Å²) in [6.07, 6.45) is 2.43. The van der Waals surface area contributed by atoms with Crippen molar-refractivity contribution in [3.05, 3.63) is 29.3 Å². The highest BCUT2D eigenvalue weighted by molar-refractivity contribution is 8.00. The van der Waals surface area contributed by atoms with Crippen molar-refractivity contribution in [2.24, 2.45) is 0 Å². The van der Waals surface area contributed by atoms with Crippen molar-refractivity contribution in [2.45, 2.75) is 23.0 Å². The van der Waals surface area contributed by atoms with Gasteiger partial charge in [-0.3, -0.25) is 0 Å². The van der Waals surface area contributed by atoms with Crippen molar-refractivity contribution in [3.63, 3.8) is 0 Å². The van der Waals surface area contributed by atoms with E-state index in [0.717, 1.165) is 23.4 Å². The molecule has 0 aromatic heterocycles. The van der Waals surface area contributed by atoms with Gasteiger partial charge in [0.15, 0.2) is 0 Å². The minimum atomic E-state index is 0.744. The van der Waals surface area contributed by atoms with Gasteiger partial charge in [0.05, 0.1) is 0 Å². The predicted molar refractivity (Wildman–Crippen MR) is 62.2 cm³/mol. The van der Waals surface area contributed by atoms with Gasteiger partial charge in [-0.05, 0) is 37.1 Å². The molecule has 1 fully saturated rings. The van der Waals surface area contributed by atoms with Crippen molar-refractivity contribution < 1.29 is 0 Å². The lowest BCUT2D eigenvalue weighted by molar-refractivity contribution is 0.522. The minimum absolute atomic E-state index is 0.744. The second kappa shape index (κ2) is 5.06. The molecule has 75 valence electrons. The summed E-state index contributed by atoms with van der Waals surface area (Å²) in [5, 5.41) is 5.91. The first-order valence-electron chi connectivity index (χ1n) is 4.90. The summed E-state index contributed by atoms with van der Waals surface area (Å²) < 4.78 is 0. The molecule has 0 unspecified atom stereocenters. The fourth-order valence-electron chi connectivity index (χ4n) is 1.55. The molecule has 0 saturated carbocycles. The maximum Gasteiger partial charge on any atom is 0.0406 e. The molecular formula is C11H13ClNS. The van der Waals surface area contributed by atoms with Crippen LogP contribution in [0.5, 0.6) is 0 Å². The number of thioether (sulfide) groups is 1. The van der Waals surface area contributed by atoms with E-state index in [9.17, 15) is 0 Å². The number of halogens is 1. The minimum Gasteiger partial charge on any atom is -0.242 e. The third-order valence-electron chi connectivity index (χ3n) is 2.33. The number of hydrogen-bond donors (Lipinski definition) is 0. The lowest BCUT2D eigenvalue weighted by Crippen LogP contribution is -2.23. The fourth-order valence-corrected chi connectivity index (χ4v) is 2.80. The van der Waals surface area contributed by atoms with Crippen LogP contribution in [0.2, 0.25) is 5.02 Å². The third-order valence-corrected chi connectivity index (χ3v) is 3.94. The molecule has 1 aromatic carbocycles. The molecule has 0 atom stereocenters. The number of rotatable bonds is 2. The van der Waals surface area contributed by atoms with Crippen LogP contribution in [-0.4, -0.2) is 18.3 Å². The van der Waals surface area contributed by atoms with Crippen molar-refractivity contribution in [2.75, 3.05) is 13.1 Å². The summed E-state index contributed by atoms with van der Waals surface area (Å²) in [4.78, 5) is 1.32. The maximum absolute atomic E-state index is 5.83. The van der Waals surface area contributed by atoms with Gasteiger partial charge in [0.25, 0.3) is 0 Å². The molecule has 1 aliphatic rings. The Labute approximate surface area is 94.2 Å². The monoisotopic (exact) mass is 226 g/mol. The van der Waals surface area contributed by atoms with E-state index in [1.54, 1.807) is 0 Å². The Morgan fingerprint density at radius 1 is 1.14 bits per heavy atom. The van der Waals surface area contributed by atoms with Crippen molar-refractivity contribution in [1.29, 1.82) is 0 Å². The quantitative estimate of drug-likeness (QED) is 0.756. The van der Waals surface area contributed by atoms with Crippen LogP contribution < -0.4 is 5.32 Å². The molecule has 1 nitrogen and oxygen atoms in total. The zero-order chi connectivity index (χ0) is 9.80. The summed E-state index contributed by atoms with van der Waals surface area (Å²) in [5.74, 6) is 0. The van der Waals surface area contributed by atoms with E-state index in [0.29, 0.717) is 0 Å². The molecule has 1 saturated heterocycles. The van der Waals surface area contributed by atoms with Gasteiger partial charge in [-0.25, -0.2) is 5.32 Å². The average molecular weight is 227 g/mol. The van der Waals surface area contributed by atoms with E-state index < -0.39 is 0 Å². The van der Waals surface area contributed by atoms with Crippen molar-refractivity contribution in [3.8, 4) is 0 Å². The third kappa shape index (κ3) is 2.91. The molecule has 3 heteroatoms. The Bertz CT molecular complexity index is 280. The number of nitrogens with zero attached hydrogens (tertiary/aromatic N) is 1. The molecule has 0 N–H and O–H groups in total. The number of hydrogen-bond acceptors (Lipinski definition) is 1. The van der Waals surface area contributed by atoms with E-state index in [4.69, 9.17) is 11.6 Å². The highest BCUT2D eigenvalue weighted by Gasteiger charge is 2.14. The van der Waals surface area contributed by atoms with Gasteiger partial charge in [0.2, 0.25) is 0 Å². The standard InChI is InChI=1S/C11H13ClNS/c12-9-1-3-10(4-2-9)14-11-5-7-13-8-6-11/h1-4,11H,5-8H2. The first kappa shape index (κ1) is 10.3. The second-order valence-electron chi connectivity index (χ2n) is 3.44. The fraction of sp³-hybridized carbons (Fsp3) is 0.455. The topological polar surface area (TPSA) is 14.1 Å². The number of benzene rings is 1. The van der Waals surface area contributed by atoms with Crippen LogP contribution in [-0.2, 0) is 0 Å². The first-order chi connectivity index (χ1) is 6.84. The van der Waals surface area contributed by atoms with Gasteiger partial charge >= 0.3 is 0 Å². The van der Waals surface area contributed by atoms with Crippen molar-refractivity contribution in [1.82, 2.24) is 5.32 Å². The van der Waals surface area contributed by atoms with E-state index in [1.807, 2.05) is 23.9 Å². The van der Waals surface area contributed by atoms with E-state index in [2.05, 4.69) is 17.4 Å². The van der Waals surface area contributed by atoms with E-state index in [-0.39, 0.29) is 0 Å². The molecule has 1 heterocycles. The molecular weight excluding hydrogens is 214 g/mol. The second-order valence-corrected chi connectivity index (χ2v) is 5.25. The summed E-state index contributed by atoms with van der Waals surface area (Å²) in [6.45, 7) is 2.07. The largest absolute Gasteiger partial charge is 0.242 e.